The summed E-state index contributed by atoms with van der Waals surface area (Å²) in [5, 5.41) is 14.7. The van der Waals surface area contributed by atoms with Crippen molar-refractivity contribution in [3.05, 3.63) is 18.0 Å². The van der Waals surface area contributed by atoms with Crippen LogP contribution < -0.4 is 0 Å². The van der Waals surface area contributed by atoms with E-state index in [1.807, 2.05) is 13.1 Å². The number of aromatic nitrogens is 2. The molecule has 31 heavy (non-hydrogen) atoms. The number of hydrogen-bond acceptors (Lipinski definition) is 3. The summed E-state index contributed by atoms with van der Waals surface area (Å²) in [6.07, 6.45) is 8.64. The fourth-order valence-corrected chi connectivity index (χ4v) is 8.46. The fourth-order valence-electron chi connectivity index (χ4n) is 8.46. The number of alkyl halides is 2. The first-order valence-corrected chi connectivity index (χ1v) is 12.2. The quantitative estimate of drug-likeness (QED) is 0.723. The molecule has 0 bridgehead atoms. The van der Waals surface area contributed by atoms with E-state index in [4.69, 9.17) is 0 Å². The van der Waals surface area contributed by atoms with Crippen molar-refractivity contribution in [2.24, 2.45) is 40.9 Å². The molecule has 4 nitrogen and oxygen atoms in total. The Bertz CT molecular complexity index is 841. The molecule has 0 radical (unpaired) electrons. The number of carbonyl (C=O) groups excluding carboxylic acids is 1. The fraction of sp³-hybridized carbons (Fsp3) is 0.840. The molecule has 0 spiro atoms. The summed E-state index contributed by atoms with van der Waals surface area (Å²) in [6.45, 7) is 4.71. The molecule has 1 aromatic heterocycles. The lowest BCUT2D eigenvalue weighted by atomic mass is 9.49. The van der Waals surface area contributed by atoms with Crippen LogP contribution in [0.2, 0.25) is 0 Å². The predicted molar refractivity (Wildman–Crippen MR) is 114 cm³/mol. The molecular formula is C25H36F2N2O2. The summed E-state index contributed by atoms with van der Waals surface area (Å²) in [7, 11) is 0. The van der Waals surface area contributed by atoms with Crippen LogP contribution in [0.1, 0.15) is 70.3 Å². The van der Waals surface area contributed by atoms with Gasteiger partial charge >= 0.3 is 0 Å². The lowest BCUT2D eigenvalue weighted by Crippen LogP contribution is -2.53. The number of fused-ring (bicyclic) bond motifs is 5. The highest BCUT2D eigenvalue weighted by Gasteiger charge is 2.59. The van der Waals surface area contributed by atoms with Gasteiger partial charge in [-0.3, -0.25) is 9.48 Å². The SMILES string of the molecule is Cc1cnn(CC(=O)[C@H]2CC[C@H]3[C@@H]4CC[C@@H]5C[C@@](O)(C(F)F)CC[C@@H]5[C@H]4CC[C@]23C)c1. The first-order valence-electron chi connectivity index (χ1n) is 12.2. The minimum Gasteiger partial charge on any atom is -0.384 e. The number of aliphatic hydroxyl groups is 1. The number of nitrogens with zero attached hydrogens (tertiary/aromatic N) is 2. The van der Waals surface area contributed by atoms with Gasteiger partial charge in [0.2, 0.25) is 0 Å². The minimum absolute atomic E-state index is 0.0612. The number of carbonyl (C=O) groups is 1. The summed E-state index contributed by atoms with van der Waals surface area (Å²) >= 11 is 0. The smallest absolute Gasteiger partial charge is 0.266 e. The molecule has 0 unspecified atom stereocenters. The van der Waals surface area contributed by atoms with Crippen molar-refractivity contribution in [1.29, 1.82) is 0 Å². The van der Waals surface area contributed by atoms with E-state index in [0.717, 1.165) is 50.5 Å². The number of Topliss-reactive ketones (excluding diaryl/α,β-unsaturated/α-hetero) is 1. The molecule has 4 saturated carbocycles. The molecule has 1 heterocycles. The molecule has 1 N–H and O–H groups in total. The highest BCUT2D eigenvalue weighted by atomic mass is 19.3. The number of halogens is 2. The van der Waals surface area contributed by atoms with Gasteiger partial charge < -0.3 is 5.11 Å². The molecule has 0 aromatic carbocycles. The molecule has 5 rings (SSSR count). The van der Waals surface area contributed by atoms with Crippen LogP contribution in [0.4, 0.5) is 8.78 Å². The van der Waals surface area contributed by atoms with E-state index >= 15 is 0 Å². The third-order valence-corrected chi connectivity index (χ3v) is 9.92. The van der Waals surface area contributed by atoms with Crippen molar-refractivity contribution in [1.82, 2.24) is 9.78 Å². The Morgan fingerprint density at radius 1 is 1.16 bits per heavy atom. The van der Waals surface area contributed by atoms with Gasteiger partial charge in [-0.05, 0) is 105 Å². The van der Waals surface area contributed by atoms with Gasteiger partial charge in [0.25, 0.3) is 6.43 Å². The Hall–Kier alpha value is -1.30. The van der Waals surface area contributed by atoms with Crippen molar-refractivity contribution in [3.8, 4) is 0 Å². The Balaban J connectivity index is 1.30. The lowest BCUT2D eigenvalue weighted by molar-refractivity contribution is -0.160. The molecule has 1 aromatic rings. The van der Waals surface area contributed by atoms with Crippen LogP contribution in [0.3, 0.4) is 0 Å². The summed E-state index contributed by atoms with van der Waals surface area (Å²) in [6, 6.07) is 0. The maximum absolute atomic E-state index is 13.4. The van der Waals surface area contributed by atoms with Gasteiger partial charge in [-0.2, -0.15) is 5.10 Å². The number of aryl methyl sites for hydroxylation is 1. The van der Waals surface area contributed by atoms with Gasteiger partial charge in [-0.1, -0.05) is 6.92 Å². The topological polar surface area (TPSA) is 55.1 Å². The highest BCUT2D eigenvalue weighted by Crippen LogP contribution is 2.64. The Kier molecular flexibility index (Phi) is 5.31. The third kappa shape index (κ3) is 3.48. The molecule has 6 heteroatoms. The normalized spacial score (nSPS) is 44.6. The Morgan fingerprint density at radius 2 is 1.94 bits per heavy atom. The van der Waals surface area contributed by atoms with Gasteiger partial charge in [-0.25, -0.2) is 8.78 Å². The number of hydrogen-bond donors (Lipinski definition) is 1. The van der Waals surface area contributed by atoms with E-state index in [1.54, 1.807) is 10.9 Å². The molecule has 0 amide bonds. The van der Waals surface area contributed by atoms with Crippen LogP contribution in [0, 0.1) is 47.8 Å². The monoisotopic (exact) mass is 434 g/mol. The average Bonchev–Trinajstić information content (AvgIpc) is 3.29. The van der Waals surface area contributed by atoms with E-state index in [9.17, 15) is 18.7 Å². The summed E-state index contributed by atoms with van der Waals surface area (Å²) in [5.41, 5.74) is -0.634. The second kappa shape index (κ2) is 7.64. The zero-order chi connectivity index (χ0) is 22.0. The second-order valence-corrected chi connectivity index (χ2v) is 11.4. The lowest BCUT2D eigenvalue weighted by Gasteiger charge is -2.57. The summed E-state index contributed by atoms with van der Waals surface area (Å²) in [5.74, 6) is 2.90. The van der Waals surface area contributed by atoms with Crippen molar-refractivity contribution >= 4 is 5.78 Å². The highest BCUT2D eigenvalue weighted by molar-refractivity contribution is 5.82. The summed E-state index contributed by atoms with van der Waals surface area (Å²) in [4.78, 5) is 13.2. The second-order valence-electron chi connectivity index (χ2n) is 11.4. The van der Waals surface area contributed by atoms with E-state index in [1.165, 1.54) is 0 Å². The van der Waals surface area contributed by atoms with Crippen molar-refractivity contribution < 1.29 is 18.7 Å². The minimum atomic E-state index is -2.64. The Morgan fingerprint density at radius 3 is 2.65 bits per heavy atom. The maximum Gasteiger partial charge on any atom is 0.266 e. The van der Waals surface area contributed by atoms with E-state index in [0.29, 0.717) is 36.0 Å². The summed E-state index contributed by atoms with van der Waals surface area (Å²) < 4.78 is 28.6. The molecule has 4 aliphatic carbocycles. The molecule has 0 saturated heterocycles. The van der Waals surface area contributed by atoms with Crippen LogP contribution >= 0.6 is 0 Å². The molecule has 8 atom stereocenters. The maximum atomic E-state index is 13.4. The van der Waals surface area contributed by atoms with E-state index in [-0.39, 0.29) is 30.1 Å². The van der Waals surface area contributed by atoms with Crippen LogP contribution in [0.25, 0.3) is 0 Å². The zero-order valence-electron chi connectivity index (χ0n) is 18.8. The predicted octanol–water partition coefficient (Wildman–Crippen LogP) is 5.03. The van der Waals surface area contributed by atoms with E-state index < -0.39 is 12.0 Å². The standard InChI is InChI=1S/C25H36F2N2O2/c1-15-12-28-29(13-15)14-22(30)21-6-5-20-19-4-3-16-11-25(31,23(26)27)10-8-17(16)18(19)7-9-24(20,21)2/h12-13,16-21,23,31H,3-11,14H2,1-2H3/t16-,17+,18-,19-,20+,21-,24+,25-/m1/s1. The van der Waals surface area contributed by atoms with Gasteiger partial charge in [0.1, 0.15) is 5.60 Å². The van der Waals surface area contributed by atoms with Gasteiger partial charge in [0.05, 0.1) is 12.7 Å². The van der Waals surface area contributed by atoms with Crippen LogP contribution in [-0.4, -0.2) is 32.7 Å². The first kappa shape index (κ1) is 21.5. The van der Waals surface area contributed by atoms with Crippen LogP contribution in [-0.2, 0) is 11.3 Å². The van der Waals surface area contributed by atoms with E-state index in [2.05, 4.69) is 12.0 Å². The molecule has 4 aliphatic rings. The largest absolute Gasteiger partial charge is 0.384 e. The van der Waals surface area contributed by atoms with Gasteiger partial charge in [0, 0.05) is 12.1 Å². The van der Waals surface area contributed by atoms with Gasteiger partial charge in [0.15, 0.2) is 5.78 Å². The average molecular weight is 435 g/mol. The molecule has 4 fully saturated rings. The van der Waals surface area contributed by atoms with Crippen LogP contribution in [0.15, 0.2) is 12.4 Å². The van der Waals surface area contributed by atoms with Crippen LogP contribution in [0.5, 0.6) is 0 Å². The Labute approximate surface area is 183 Å². The first-order chi connectivity index (χ1) is 14.7. The zero-order valence-corrected chi connectivity index (χ0v) is 18.8. The van der Waals surface area contributed by atoms with Crippen molar-refractivity contribution in [2.45, 2.75) is 90.2 Å². The molecule has 0 aliphatic heterocycles. The van der Waals surface area contributed by atoms with Crippen molar-refractivity contribution in [3.63, 3.8) is 0 Å². The van der Waals surface area contributed by atoms with Gasteiger partial charge in [-0.15, -0.1) is 0 Å². The number of rotatable bonds is 4. The van der Waals surface area contributed by atoms with Crippen molar-refractivity contribution in [2.75, 3.05) is 0 Å². The third-order valence-electron chi connectivity index (χ3n) is 9.92. The molecular weight excluding hydrogens is 398 g/mol. The number of ketones is 1. The molecule has 172 valence electrons.